The fourth-order valence-electron chi connectivity index (χ4n) is 1.58. The zero-order valence-electron chi connectivity index (χ0n) is 13.1. The predicted octanol–water partition coefficient (Wildman–Crippen LogP) is 2.22. The van der Waals surface area contributed by atoms with E-state index in [-0.39, 0.29) is 17.9 Å². The largest absolute Gasteiger partial charge is 0.484 e. The van der Waals surface area contributed by atoms with E-state index in [1.165, 1.54) is 5.56 Å². The standard InChI is InChI=1S/C16H26N2O2/c1-15(2,3)12-6-8-13(9-7-12)20-10-14(19)18-11-16(4,5)17/h6-9H,10-11,17H2,1-5H3,(H,18,19). The minimum atomic E-state index is -0.413. The number of hydrogen-bond acceptors (Lipinski definition) is 3. The lowest BCUT2D eigenvalue weighted by Gasteiger charge is -2.20. The van der Waals surface area contributed by atoms with Crippen LogP contribution in [0.1, 0.15) is 40.2 Å². The quantitative estimate of drug-likeness (QED) is 0.868. The molecule has 0 unspecified atom stereocenters. The Kier molecular flexibility index (Phi) is 5.17. The number of carbonyl (C=O) groups is 1. The number of nitrogens with two attached hydrogens (primary N) is 1. The average molecular weight is 278 g/mol. The molecule has 0 atom stereocenters. The molecule has 0 saturated carbocycles. The molecule has 0 bridgehead atoms. The van der Waals surface area contributed by atoms with Crippen molar-refractivity contribution >= 4 is 5.91 Å². The minimum absolute atomic E-state index is 0.00491. The Labute approximate surface area is 121 Å². The normalized spacial score (nSPS) is 12.1. The van der Waals surface area contributed by atoms with Gasteiger partial charge >= 0.3 is 0 Å². The van der Waals surface area contributed by atoms with Crippen LogP contribution in [0.3, 0.4) is 0 Å². The Morgan fingerprint density at radius 3 is 2.15 bits per heavy atom. The number of hydrogen-bond donors (Lipinski definition) is 2. The maximum absolute atomic E-state index is 11.6. The summed E-state index contributed by atoms with van der Waals surface area (Å²) in [6.45, 7) is 10.6. The summed E-state index contributed by atoms with van der Waals surface area (Å²) in [7, 11) is 0. The zero-order chi connectivity index (χ0) is 15.4. The van der Waals surface area contributed by atoms with Gasteiger partial charge in [0.05, 0.1) is 0 Å². The maximum atomic E-state index is 11.6. The van der Waals surface area contributed by atoms with Crippen LogP contribution in [0.25, 0.3) is 0 Å². The highest BCUT2D eigenvalue weighted by atomic mass is 16.5. The molecule has 4 nitrogen and oxygen atoms in total. The number of amides is 1. The second-order valence-electron chi connectivity index (χ2n) is 6.83. The molecule has 4 heteroatoms. The number of rotatable bonds is 5. The average Bonchev–Trinajstić information content (AvgIpc) is 2.32. The monoisotopic (exact) mass is 278 g/mol. The third kappa shape index (κ3) is 6.06. The predicted molar refractivity (Wildman–Crippen MR) is 81.9 cm³/mol. The van der Waals surface area contributed by atoms with Crippen molar-refractivity contribution in [3.63, 3.8) is 0 Å². The first kappa shape index (κ1) is 16.5. The lowest BCUT2D eigenvalue weighted by Crippen LogP contribution is -2.46. The highest BCUT2D eigenvalue weighted by Gasteiger charge is 2.14. The summed E-state index contributed by atoms with van der Waals surface area (Å²) in [5, 5.41) is 2.74. The van der Waals surface area contributed by atoms with E-state index in [1.807, 2.05) is 38.1 Å². The van der Waals surface area contributed by atoms with E-state index in [2.05, 4.69) is 26.1 Å². The first-order valence-electron chi connectivity index (χ1n) is 6.87. The fraction of sp³-hybridized carbons (Fsp3) is 0.562. The number of ether oxygens (including phenoxy) is 1. The van der Waals surface area contributed by atoms with Gasteiger partial charge in [0, 0.05) is 12.1 Å². The summed E-state index contributed by atoms with van der Waals surface area (Å²) in [5.41, 5.74) is 6.73. The summed E-state index contributed by atoms with van der Waals surface area (Å²) >= 11 is 0. The summed E-state index contributed by atoms with van der Waals surface area (Å²) in [6.07, 6.45) is 0. The van der Waals surface area contributed by atoms with Gasteiger partial charge in [-0.3, -0.25) is 4.79 Å². The second-order valence-corrected chi connectivity index (χ2v) is 6.83. The number of nitrogens with one attached hydrogen (secondary N) is 1. The van der Waals surface area contributed by atoms with Gasteiger partial charge in [-0.05, 0) is 37.0 Å². The van der Waals surface area contributed by atoms with Gasteiger partial charge in [0.2, 0.25) is 0 Å². The Morgan fingerprint density at radius 1 is 1.15 bits per heavy atom. The van der Waals surface area contributed by atoms with E-state index in [0.29, 0.717) is 12.3 Å². The molecular weight excluding hydrogens is 252 g/mol. The molecule has 0 aliphatic carbocycles. The molecule has 3 N–H and O–H groups in total. The number of benzene rings is 1. The molecule has 0 spiro atoms. The van der Waals surface area contributed by atoms with Gasteiger partial charge in [-0.25, -0.2) is 0 Å². The molecule has 1 aromatic carbocycles. The first-order valence-corrected chi connectivity index (χ1v) is 6.87. The van der Waals surface area contributed by atoms with Crippen LogP contribution >= 0.6 is 0 Å². The van der Waals surface area contributed by atoms with Crippen molar-refractivity contribution in [1.82, 2.24) is 5.32 Å². The van der Waals surface area contributed by atoms with Crippen molar-refractivity contribution in [2.45, 2.75) is 45.6 Å². The van der Waals surface area contributed by atoms with Crippen LogP contribution in [0.5, 0.6) is 5.75 Å². The molecule has 0 fully saturated rings. The molecule has 0 aliphatic heterocycles. The highest BCUT2D eigenvalue weighted by molar-refractivity contribution is 5.77. The van der Waals surface area contributed by atoms with Crippen LogP contribution < -0.4 is 15.8 Å². The third-order valence-electron chi connectivity index (χ3n) is 2.83. The van der Waals surface area contributed by atoms with Gasteiger partial charge in [-0.15, -0.1) is 0 Å². The molecule has 0 saturated heterocycles. The van der Waals surface area contributed by atoms with Crippen LogP contribution in [0, 0.1) is 0 Å². The van der Waals surface area contributed by atoms with Crippen LogP contribution in [0.2, 0.25) is 0 Å². The molecule has 0 aromatic heterocycles. The van der Waals surface area contributed by atoms with Gasteiger partial charge in [0.15, 0.2) is 6.61 Å². The van der Waals surface area contributed by atoms with Gasteiger partial charge < -0.3 is 15.8 Å². The molecule has 112 valence electrons. The van der Waals surface area contributed by atoms with Crippen molar-refractivity contribution < 1.29 is 9.53 Å². The topological polar surface area (TPSA) is 64.3 Å². The molecule has 0 radical (unpaired) electrons. The molecule has 0 aliphatic rings. The summed E-state index contributed by atoms with van der Waals surface area (Å²) in [5.74, 6) is 0.531. The number of carbonyl (C=O) groups excluding carboxylic acids is 1. The molecular formula is C16H26N2O2. The summed E-state index contributed by atoms with van der Waals surface area (Å²) in [6, 6.07) is 7.83. The Balaban J connectivity index is 2.44. The van der Waals surface area contributed by atoms with E-state index in [1.54, 1.807) is 0 Å². The SMILES string of the molecule is CC(C)(N)CNC(=O)COc1ccc(C(C)(C)C)cc1. The van der Waals surface area contributed by atoms with E-state index >= 15 is 0 Å². The fourth-order valence-corrected chi connectivity index (χ4v) is 1.58. The van der Waals surface area contributed by atoms with Gasteiger partial charge in [-0.1, -0.05) is 32.9 Å². The Hall–Kier alpha value is -1.55. The van der Waals surface area contributed by atoms with E-state index in [9.17, 15) is 4.79 Å². The van der Waals surface area contributed by atoms with Crippen molar-refractivity contribution in [2.24, 2.45) is 5.73 Å². The highest BCUT2D eigenvalue weighted by Crippen LogP contribution is 2.24. The lowest BCUT2D eigenvalue weighted by molar-refractivity contribution is -0.123. The van der Waals surface area contributed by atoms with Crippen LogP contribution in [0.4, 0.5) is 0 Å². The smallest absolute Gasteiger partial charge is 0.258 e. The van der Waals surface area contributed by atoms with E-state index in [4.69, 9.17) is 10.5 Å². The van der Waals surface area contributed by atoms with Crippen LogP contribution in [0.15, 0.2) is 24.3 Å². The van der Waals surface area contributed by atoms with Crippen LogP contribution in [-0.4, -0.2) is 24.6 Å². The molecule has 1 amide bonds. The second kappa shape index (κ2) is 6.27. The molecule has 0 heterocycles. The van der Waals surface area contributed by atoms with Crippen molar-refractivity contribution in [3.05, 3.63) is 29.8 Å². The summed E-state index contributed by atoms with van der Waals surface area (Å²) < 4.78 is 5.45. The van der Waals surface area contributed by atoms with Crippen molar-refractivity contribution in [1.29, 1.82) is 0 Å². The zero-order valence-corrected chi connectivity index (χ0v) is 13.1. The summed E-state index contributed by atoms with van der Waals surface area (Å²) in [4.78, 5) is 11.6. The van der Waals surface area contributed by atoms with Gasteiger partial charge in [-0.2, -0.15) is 0 Å². The minimum Gasteiger partial charge on any atom is -0.484 e. The lowest BCUT2D eigenvalue weighted by atomic mass is 9.87. The van der Waals surface area contributed by atoms with Crippen molar-refractivity contribution in [3.8, 4) is 5.75 Å². The molecule has 1 rings (SSSR count). The first-order chi connectivity index (χ1) is 9.08. The van der Waals surface area contributed by atoms with Gasteiger partial charge in [0.25, 0.3) is 5.91 Å². The van der Waals surface area contributed by atoms with E-state index in [0.717, 1.165) is 0 Å². The van der Waals surface area contributed by atoms with E-state index < -0.39 is 5.54 Å². The Morgan fingerprint density at radius 2 is 1.70 bits per heavy atom. The maximum Gasteiger partial charge on any atom is 0.258 e. The molecule has 20 heavy (non-hydrogen) atoms. The van der Waals surface area contributed by atoms with Gasteiger partial charge in [0.1, 0.15) is 5.75 Å². The molecule has 1 aromatic rings. The third-order valence-corrected chi connectivity index (χ3v) is 2.83. The van der Waals surface area contributed by atoms with Crippen molar-refractivity contribution in [2.75, 3.05) is 13.2 Å². The Bertz CT molecular complexity index is 439. The van der Waals surface area contributed by atoms with Crippen LogP contribution in [-0.2, 0) is 10.2 Å².